The van der Waals surface area contributed by atoms with Gasteiger partial charge < -0.3 is 10.8 Å². The second-order valence-corrected chi connectivity index (χ2v) is 3.36. The van der Waals surface area contributed by atoms with Crippen LogP contribution in [-0.2, 0) is 11.4 Å². The van der Waals surface area contributed by atoms with Gasteiger partial charge in [-0.15, -0.1) is 0 Å². The molecule has 80 valence electrons. The summed E-state index contributed by atoms with van der Waals surface area (Å²) >= 11 is 0. The highest BCUT2D eigenvalue weighted by molar-refractivity contribution is 5.76. The molecule has 0 unspecified atom stereocenters. The van der Waals surface area contributed by atoms with Gasteiger partial charge in [0.2, 0.25) is 5.91 Å². The fourth-order valence-electron chi connectivity index (χ4n) is 1.36. The van der Waals surface area contributed by atoms with Gasteiger partial charge >= 0.3 is 0 Å². The van der Waals surface area contributed by atoms with Crippen molar-refractivity contribution in [3.8, 4) is 0 Å². The van der Waals surface area contributed by atoms with Crippen molar-refractivity contribution in [1.29, 1.82) is 0 Å². The molecule has 0 fully saturated rings. The van der Waals surface area contributed by atoms with Crippen LogP contribution in [0, 0.1) is 6.92 Å². The van der Waals surface area contributed by atoms with Crippen LogP contribution in [0.2, 0.25) is 0 Å². The van der Waals surface area contributed by atoms with Crippen LogP contribution < -0.4 is 5.73 Å². The third kappa shape index (κ3) is 3.22. The Morgan fingerprint density at radius 3 is 2.87 bits per heavy atom. The smallest absolute Gasteiger partial charge is 0.221 e. The van der Waals surface area contributed by atoms with E-state index in [4.69, 9.17) is 10.8 Å². The number of hydrogen-bond donors (Lipinski definition) is 2. The predicted octanol–water partition coefficient (Wildman–Crippen LogP) is 1.38. The van der Waals surface area contributed by atoms with Gasteiger partial charge in [0.1, 0.15) is 0 Å². The van der Waals surface area contributed by atoms with E-state index in [2.05, 4.69) is 0 Å². The zero-order valence-corrected chi connectivity index (χ0v) is 8.73. The normalized spacial score (nSPS) is 10.8. The van der Waals surface area contributed by atoms with Crippen molar-refractivity contribution >= 4 is 12.0 Å². The zero-order valence-electron chi connectivity index (χ0n) is 8.73. The lowest BCUT2D eigenvalue weighted by Gasteiger charge is -2.05. The number of aliphatic hydroxyl groups excluding tert-OH is 1. The summed E-state index contributed by atoms with van der Waals surface area (Å²) < 4.78 is 0. The minimum atomic E-state index is -0.345. The molecule has 3 N–H and O–H groups in total. The van der Waals surface area contributed by atoms with Crippen LogP contribution in [0.1, 0.15) is 23.1 Å². The molecule has 0 saturated carbocycles. The van der Waals surface area contributed by atoms with Gasteiger partial charge in [-0.25, -0.2) is 0 Å². The summed E-state index contributed by atoms with van der Waals surface area (Å²) in [5.41, 5.74) is 7.95. The quantitative estimate of drug-likeness (QED) is 0.779. The van der Waals surface area contributed by atoms with Crippen molar-refractivity contribution in [2.45, 2.75) is 20.0 Å². The molecule has 15 heavy (non-hydrogen) atoms. The maximum atomic E-state index is 10.5. The lowest BCUT2D eigenvalue weighted by molar-refractivity contribution is -0.117. The first-order chi connectivity index (χ1) is 7.15. The predicted molar refractivity (Wildman–Crippen MR) is 59.9 cm³/mol. The van der Waals surface area contributed by atoms with Gasteiger partial charge in [0.05, 0.1) is 6.61 Å². The number of hydrogen-bond acceptors (Lipinski definition) is 2. The number of benzene rings is 1. The number of nitrogens with two attached hydrogens (primary N) is 1. The number of carbonyl (C=O) groups excluding carboxylic acids is 1. The topological polar surface area (TPSA) is 63.3 Å². The van der Waals surface area contributed by atoms with Crippen LogP contribution in [0.15, 0.2) is 24.3 Å². The molecule has 1 rings (SSSR count). The molecule has 1 amide bonds. The van der Waals surface area contributed by atoms with Gasteiger partial charge in [0, 0.05) is 6.42 Å². The molecule has 0 heterocycles. The minimum absolute atomic E-state index is 0.0311. The molecule has 0 aliphatic carbocycles. The maximum absolute atomic E-state index is 10.5. The summed E-state index contributed by atoms with van der Waals surface area (Å²) in [6.07, 6.45) is 3.81. The van der Waals surface area contributed by atoms with E-state index in [1.165, 1.54) is 0 Å². The maximum Gasteiger partial charge on any atom is 0.221 e. The Morgan fingerprint density at radius 2 is 2.27 bits per heavy atom. The van der Waals surface area contributed by atoms with E-state index in [0.717, 1.165) is 16.7 Å². The standard InChI is InChI=1S/C12H15NO2/c1-9-10(5-3-7-12(13)15)4-2-6-11(9)8-14/h2-6,14H,7-8H2,1H3,(H2,13,15). The van der Waals surface area contributed by atoms with Gasteiger partial charge in [-0.2, -0.15) is 0 Å². The minimum Gasteiger partial charge on any atom is -0.392 e. The van der Waals surface area contributed by atoms with E-state index in [9.17, 15) is 4.79 Å². The zero-order chi connectivity index (χ0) is 11.3. The Balaban J connectivity index is 2.85. The monoisotopic (exact) mass is 205 g/mol. The largest absolute Gasteiger partial charge is 0.392 e. The van der Waals surface area contributed by atoms with Crippen molar-refractivity contribution in [3.05, 3.63) is 41.0 Å². The lowest BCUT2D eigenvalue weighted by Crippen LogP contribution is -2.07. The number of carbonyl (C=O) groups is 1. The molecule has 1 aromatic carbocycles. The molecule has 0 aliphatic heterocycles. The van der Waals surface area contributed by atoms with Crippen molar-refractivity contribution in [2.75, 3.05) is 0 Å². The summed E-state index contributed by atoms with van der Waals surface area (Å²) in [5, 5.41) is 9.06. The fraction of sp³-hybridized carbons (Fsp3) is 0.250. The lowest BCUT2D eigenvalue weighted by atomic mass is 10.0. The third-order valence-corrected chi connectivity index (χ3v) is 2.27. The molecule has 3 nitrogen and oxygen atoms in total. The first-order valence-corrected chi connectivity index (χ1v) is 4.79. The molecule has 0 atom stereocenters. The third-order valence-electron chi connectivity index (χ3n) is 2.27. The number of aliphatic hydroxyl groups is 1. The Hall–Kier alpha value is -1.61. The average molecular weight is 205 g/mol. The molecular formula is C12H15NO2. The molecule has 3 heteroatoms. The van der Waals surface area contributed by atoms with E-state index in [-0.39, 0.29) is 18.9 Å². The van der Waals surface area contributed by atoms with Crippen LogP contribution in [0.5, 0.6) is 0 Å². The highest BCUT2D eigenvalue weighted by atomic mass is 16.3. The van der Waals surface area contributed by atoms with Crippen molar-refractivity contribution in [3.63, 3.8) is 0 Å². The Bertz CT molecular complexity index is 383. The van der Waals surface area contributed by atoms with Crippen LogP contribution in [0.4, 0.5) is 0 Å². The summed E-state index contributed by atoms with van der Waals surface area (Å²) in [5.74, 6) is -0.345. The van der Waals surface area contributed by atoms with Crippen LogP contribution in [0.25, 0.3) is 6.08 Å². The second-order valence-electron chi connectivity index (χ2n) is 3.36. The molecular weight excluding hydrogens is 190 g/mol. The van der Waals surface area contributed by atoms with Gasteiger partial charge in [-0.3, -0.25) is 4.79 Å². The van der Waals surface area contributed by atoms with E-state index in [1.807, 2.05) is 31.2 Å². The molecule has 0 bridgehead atoms. The first-order valence-electron chi connectivity index (χ1n) is 4.79. The van der Waals surface area contributed by atoms with Gasteiger partial charge in [0.15, 0.2) is 0 Å². The van der Waals surface area contributed by atoms with Gasteiger partial charge in [-0.05, 0) is 23.6 Å². The SMILES string of the molecule is Cc1c(C=CCC(N)=O)cccc1CO. The summed E-state index contributed by atoms with van der Waals surface area (Å²) in [7, 11) is 0. The van der Waals surface area contributed by atoms with Crippen LogP contribution >= 0.6 is 0 Å². The van der Waals surface area contributed by atoms with Crippen molar-refractivity contribution in [1.82, 2.24) is 0 Å². The van der Waals surface area contributed by atoms with E-state index >= 15 is 0 Å². The second kappa shape index (κ2) is 5.32. The van der Waals surface area contributed by atoms with Crippen LogP contribution in [0.3, 0.4) is 0 Å². The number of rotatable bonds is 4. The highest BCUT2D eigenvalue weighted by Crippen LogP contribution is 2.15. The van der Waals surface area contributed by atoms with Gasteiger partial charge in [0.25, 0.3) is 0 Å². The Labute approximate surface area is 89.2 Å². The van der Waals surface area contributed by atoms with Crippen molar-refractivity contribution in [2.24, 2.45) is 5.73 Å². The fourth-order valence-corrected chi connectivity index (χ4v) is 1.36. The average Bonchev–Trinajstić information content (AvgIpc) is 2.20. The molecule has 0 aliphatic rings. The van der Waals surface area contributed by atoms with Gasteiger partial charge in [-0.1, -0.05) is 30.4 Å². The summed E-state index contributed by atoms with van der Waals surface area (Å²) in [6.45, 7) is 1.97. The molecule has 0 saturated heterocycles. The summed E-state index contributed by atoms with van der Waals surface area (Å²) in [4.78, 5) is 10.5. The van der Waals surface area contributed by atoms with E-state index in [0.29, 0.717) is 0 Å². The molecule has 0 aromatic heterocycles. The highest BCUT2D eigenvalue weighted by Gasteiger charge is 1.99. The van der Waals surface area contributed by atoms with Crippen LogP contribution in [-0.4, -0.2) is 11.0 Å². The van der Waals surface area contributed by atoms with E-state index < -0.39 is 0 Å². The van der Waals surface area contributed by atoms with E-state index in [1.54, 1.807) is 6.08 Å². The Kier molecular flexibility index (Phi) is 4.06. The number of primary amides is 1. The summed E-state index contributed by atoms with van der Waals surface area (Å²) in [6, 6.07) is 5.69. The molecule has 0 spiro atoms. The van der Waals surface area contributed by atoms with Crippen molar-refractivity contribution < 1.29 is 9.90 Å². The Morgan fingerprint density at radius 1 is 1.53 bits per heavy atom. The first kappa shape index (κ1) is 11.5. The molecule has 1 aromatic rings. The number of amides is 1. The molecule has 0 radical (unpaired) electrons.